The second kappa shape index (κ2) is 8.08. The van der Waals surface area contributed by atoms with Crippen LogP contribution in [-0.4, -0.2) is 57.1 Å². The molecule has 31 heavy (non-hydrogen) atoms. The quantitative estimate of drug-likeness (QED) is 0.668. The lowest BCUT2D eigenvalue weighted by Gasteiger charge is -2.70. The molecule has 1 spiro atoms. The van der Waals surface area contributed by atoms with Gasteiger partial charge < -0.3 is 10.0 Å². The number of carbonyl (C=O) groups excluding carboxylic acids is 1. The third-order valence-electron chi connectivity index (χ3n) is 6.65. The fourth-order valence-electron chi connectivity index (χ4n) is 5.21. The number of rotatable bonds is 5. The molecule has 2 aliphatic rings. The zero-order valence-corrected chi connectivity index (χ0v) is 17.8. The Morgan fingerprint density at radius 2 is 1.74 bits per heavy atom. The molecule has 1 amide bonds. The van der Waals surface area contributed by atoms with E-state index in [0.717, 1.165) is 5.56 Å². The molecule has 5 nitrogen and oxygen atoms in total. The lowest BCUT2D eigenvalue weighted by Crippen LogP contribution is -2.84. The van der Waals surface area contributed by atoms with Crippen LogP contribution in [0.25, 0.3) is 0 Å². The van der Waals surface area contributed by atoms with E-state index >= 15 is 0 Å². The first-order chi connectivity index (χ1) is 15.1. The Morgan fingerprint density at radius 1 is 1.03 bits per heavy atom. The van der Waals surface area contributed by atoms with Crippen LogP contribution in [-0.2, 0) is 6.54 Å². The summed E-state index contributed by atoms with van der Waals surface area (Å²) in [6.45, 7) is 2.01. The van der Waals surface area contributed by atoms with Crippen LogP contribution in [0, 0.1) is 0 Å². The molecule has 0 unspecified atom stereocenters. The zero-order valence-electron chi connectivity index (χ0n) is 17.1. The van der Waals surface area contributed by atoms with Crippen LogP contribution >= 0.6 is 11.6 Å². The van der Waals surface area contributed by atoms with E-state index in [1.807, 2.05) is 59.5 Å². The number of halogens is 1. The van der Waals surface area contributed by atoms with Crippen molar-refractivity contribution in [2.24, 2.45) is 0 Å². The predicted molar refractivity (Wildman–Crippen MR) is 120 cm³/mol. The largest absolute Gasteiger partial charge is 0.395 e. The average Bonchev–Trinajstić information content (AvgIpc) is 2.78. The summed E-state index contributed by atoms with van der Waals surface area (Å²) in [5, 5.41) is 11.0. The standard InChI is InChI=1S/C25H24ClN3O2/c26-20-11-9-18(10-12-20)14-29-22(15-30)23(19-6-2-1-3-7-19)25(29)16-28(17-25)24(31)21-8-4-5-13-27-21/h1-13,22-23,30H,14-17H2/t22-,23-/m1/s1. The lowest BCUT2D eigenvalue weighted by molar-refractivity contribution is -0.184. The summed E-state index contributed by atoms with van der Waals surface area (Å²) in [6, 6.07) is 23.6. The fourth-order valence-corrected chi connectivity index (χ4v) is 5.34. The van der Waals surface area contributed by atoms with E-state index in [4.69, 9.17) is 11.6 Å². The van der Waals surface area contributed by atoms with Crippen LogP contribution in [0.2, 0.25) is 5.02 Å². The molecule has 3 heterocycles. The molecule has 3 aromatic rings. The molecule has 6 heteroatoms. The summed E-state index contributed by atoms with van der Waals surface area (Å²) in [5.41, 5.74) is 2.62. The van der Waals surface area contributed by atoms with Crippen LogP contribution in [0.15, 0.2) is 79.0 Å². The average molecular weight is 434 g/mol. The number of hydrogen-bond donors (Lipinski definition) is 1. The molecule has 2 atom stereocenters. The number of benzene rings is 2. The van der Waals surface area contributed by atoms with E-state index in [1.54, 1.807) is 12.3 Å². The Morgan fingerprint density at radius 3 is 2.39 bits per heavy atom. The normalized spacial score (nSPS) is 22.1. The minimum absolute atomic E-state index is 0.00480. The minimum Gasteiger partial charge on any atom is -0.395 e. The van der Waals surface area contributed by atoms with E-state index in [9.17, 15) is 9.90 Å². The highest BCUT2D eigenvalue weighted by atomic mass is 35.5. The molecule has 5 rings (SSSR count). The fraction of sp³-hybridized carbons (Fsp3) is 0.280. The second-order valence-corrected chi connectivity index (χ2v) is 8.81. The van der Waals surface area contributed by atoms with E-state index in [0.29, 0.717) is 30.4 Å². The van der Waals surface area contributed by atoms with Gasteiger partial charge in [0, 0.05) is 42.8 Å². The van der Waals surface area contributed by atoms with Gasteiger partial charge in [0.1, 0.15) is 5.69 Å². The molecule has 0 aliphatic carbocycles. The topological polar surface area (TPSA) is 56.7 Å². The molecule has 158 valence electrons. The first kappa shape index (κ1) is 20.2. The highest BCUT2D eigenvalue weighted by Crippen LogP contribution is 2.54. The van der Waals surface area contributed by atoms with Gasteiger partial charge in [-0.15, -0.1) is 0 Å². The first-order valence-electron chi connectivity index (χ1n) is 10.5. The molecule has 0 radical (unpaired) electrons. The molecular formula is C25H24ClN3O2. The summed E-state index contributed by atoms with van der Waals surface area (Å²) in [4.78, 5) is 21.4. The third kappa shape index (κ3) is 3.43. The first-order valence-corrected chi connectivity index (χ1v) is 10.9. The van der Waals surface area contributed by atoms with Gasteiger partial charge in [0.25, 0.3) is 5.91 Å². The minimum atomic E-state index is -0.196. The monoisotopic (exact) mass is 433 g/mol. The number of pyridine rings is 1. The smallest absolute Gasteiger partial charge is 0.272 e. The molecule has 1 aromatic heterocycles. The maximum Gasteiger partial charge on any atom is 0.272 e. The van der Waals surface area contributed by atoms with Crippen molar-refractivity contribution in [3.8, 4) is 0 Å². The van der Waals surface area contributed by atoms with Crippen LogP contribution in [0.5, 0.6) is 0 Å². The van der Waals surface area contributed by atoms with Gasteiger partial charge in [0.15, 0.2) is 0 Å². The highest BCUT2D eigenvalue weighted by molar-refractivity contribution is 6.30. The number of amides is 1. The number of aromatic nitrogens is 1. The maximum absolute atomic E-state index is 12.9. The van der Waals surface area contributed by atoms with Crippen molar-refractivity contribution in [1.29, 1.82) is 0 Å². The Balaban J connectivity index is 1.43. The van der Waals surface area contributed by atoms with E-state index < -0.39 is 0 Å². The van der Waals surface area contributed by atoms with Gasteiger partial charge in [-0.3, -0.25) is 14.7 Å². The van der Waals surface area contributed by atoms with Crippen molar-refractivity contribution in [2.45, 2.75) is 24.0 Å². The SMILES string of the molecule is O=C(c1ccccn1)N1CC2(C1)[C@H](c1ccccc1)[C@@H](CO)N2Cc1ccc(Cl)cc1. The Kier molecular flexibility index (Phi) is 5.26. The Labute approximate surface area is 186 Å². The molecule has 0 bridgehead atoms. The van der Waals surface area contributed by atoms with Crippen LogP contribution < -0.4 is 0 Å². The zero-order chi connectivity index (χ0) is 21.4. The van der Waals surface area contributed by atoms with Crippen molar-refractivity contribution < 1.29 is 9.90 Å². The number of nitrogens with zero attached hydrogens (tertiary/aromatic N) is 3. The van der Waals surface area contributed by atoms with Gasteiger partial charge in [-0.1, -0.05) is 60.1 Å². The summed E-state index contributed by atoms with van der Waals surface area (Å²) < 4.78 is 0. The van der Waals surface area contributed by atoms with Crippen molar-refractivity contribution >= 4 is 17.5 Å². The molecule has 2 aromatic carbocycles. The van der Waals surface area contributed by atoms with Gasteiger partial charge in [-0.2, -0.15) is 0 Å². The maximum atomic E-state index is 12.9. The van der Waals surface area contributed by atoms with Crippen LogP contribution in [0.1, 0.15) is 27.5 Å². The Bertz CT molecular complexity index is 1050. The number of aliphatic hydroxyl groups is 1. The third-order valence-corrected chi connectivity index (χ3v) is 6.90. The predicted octanol–water partition coefficient (Wildman–Crippen LogP) is 3.59. The molecule has 1 N–H and O–H groups in total. The van der Waals surface area contributed by atoms with Gasteiger partial charge in [0.05, 0.1) is 12.1 Å². The number of hydrogen-bond acceptors (Lipinski definition) is 4. The van der Waals surface area contributed by atoms with E-state index in [-0.39, 0.29) is 30.0 Å². The van der Waals surface area contributed by atoms with Gasteiger partial charge in [0.2, 0.25) is 0 Å². The Hall–Kier alpha value is -2.73. The summed E-state index contributed by atoms with van der Waals surface area (Å²) >= 11 is 6.06. The summed E-state index contributed by atoms with van der Waals surface area (Å²) in [6.07, 6.45) is 1.65. The van der Waals surface area contributed by atoms with Crippen LogP contribution in [0.4, 0.5) is 0 Å². The van der Waals surface area contributed by atoms with Crippen LogP contribution in [0.3, 0.4) is 0 Å². The van der Waals surface area contributed by atoms with Crippen molar-refractivity contribution in [2.75, 3.05) is 19.7 Å². The summed E-state index contributed by atoms with van der Waals surface area (Å²) in [7, 11) is 0. The molecular weight excluding hydrogens is 410 g/mol. The van der Waals surface area contributed by atoms with E-state index in [2.05, 4.69) is 22.0 Å². The lowest BCUT2D eigenvalue weighted by atomic mass is 9.60. The molecule has 0 saturated carbocycles. The second-order valence-electron chi connectivity index (χ2n) is 8.37. The van der Waals surface area contributed by atoms with Gasteiger partial charge in [-0.05, 0) is 35.4 Å². The summed E-state index contributed by atoms with van der Waals surface area (Å²) in [5.74, 6) is 0.121. The molecule has 2 fully saturated rings. The van der Waals surface area contributed by atoms with Gasteiger partial charge in [-0.25, -0.2) is 0 Å². The number of aliphatic hydroxyl groups excluding tert-OH is 1. The van der Waals surface area contributed by atoms with Gasteiger partial charge >= 0.3 is 0 Å². The van der Waals surface area contributed by atoms with Crippen molar-refractivity contribution in [1.82, 2.24) is 14.8 Å². The highest BCUT2D eigenvalue weighted by Gasteiger charge is 2.66. The van der Waals surface area contributed by atoms with E-state index in [1.165, 1.54) is 5.56 Å². The molecule has 2 aliphatic heterocycles. The number of likely N-dealkylation sites (tertiary alicyclic amines) is 2. The van der Waals surface area contributed by atoms with Crippen molar-refractivity contribution in [3.05, 3.63) is 101 Å². The van der Waals surface area contributed by atoms with Crippen molar-refractivity contribution in [3.63, 3.8) is 0 Å². The molecule has 2 saturated heterocycles. The number of carbonyl (C=O) groups is 1.